The van der Waals surface area contributed by atoms with E-state index in [1.807, 2.05) is 0 Å². The van der Waals surface area contributed by atoms with Gasteiger partial charge in [-0.25, -0.2) is 0 Å². The summed E-state index contributed by atoms with van der Waals surface area (Å²) in [5, 5.41) is 0. The van der Waals surface area contributed by atoms with Gasteiger partial charge in [0.1, 0.15) is 7.28 Å². The van der Waals surface area contributed by atoms with Gasteiger partial charge in [-0.1, -0.05) is 153 Å². The fraction of sp³-hybridized carbons (Fsp3) is 0.744. The van der Waals surface area contributed by atoms with Crippen molar-refractivity contribution in [2.45, 2.75) is 178 Å². The Labute approximate surface area is 293 Å². The van der Waals surface area contributed by atoms with Gasteiger partial charge < -0.3 is 0 Å². The van der Waals surface area contributed by atoms with Gasteiger partial charge in [-0.2, -0.15) is 0 Å². The number of aromatic nitrogens is 2. The number of rotatable bonds is 7. The van der Waals surface area contributed by atoms with Gasteiger partial charge in [0.05, 0.1) is 0 Å². The number of nitrogens with one attached hydrogen (secondary N) is 1. The molecule has 2 aliphatic carbocycles. The average Bonchev–Trinajstić information content (AvgIpc) is 3.49. The summed E-state index contributed by atoms with van der Waals surface area (Å²) in [7, 11) is 3.78. The van der Waals surface area contributed by atoms with Gasteiger partial charge in [0.25, 0.3) is 0 Å². The number of H-pyrrole nitrogens is 1. The topological polar surface area (TPSA) is 28.7 Å². The number of fused-ring (bicyclic) bond motifs is 1. The second kappa shape index (κ2) is 21.7. The van der Waals surface area contributed by atoms with Crippen LogP contribution in [0.1, 0.15) is 160 Å². The first kappa shape index (κ1) is 37.0. The second-order valence-electron chi connectivity index (χ2n) is 16.3. The molecule has 0 radical (unpaired) electrons. The first-order valence-electron chi connectivity index (χ1n) is 20.7. The summed E-state index contributed by atoms with van der Waals surface area (Å²) < 4.78 is 0. The summed E-state index contributed by atoms with van der Waals surface area (Å²) in [6.45, 7) is 8.86. The molecule has 2 aromatic heterocycles. The van der Waals surface area contributed by atoms with Gasteiger partial charge in [-0.15, -0.1) is 0 Å². The van der Waals surface area contributed by atoms with Crippen molar-refractivity contribution in [1.29, 1.82) is 0 Å². The van der Waals surface area contributed by atoms with E-state index in [2.05, 4.69) is 62.5 Å². The zero-order valence-corrected chi connectivity index (χ0v) is 30.5. The van der Waals surface area contributed by atoms with Gasteiger partial charge in [-0.05, 0) is 5.92 Å². The Morgan fingerprint density at radius 3 is 1.89 bits per heavy atom. The number of imidazole rings is 1. The quantitative estimate of drug-likeness (QED) is 0.263. The molecular weight excluding hydrogens is 561 g/mol. The molecule has 2 heterocycles. The van der Waals surface area contributed by atoms with Gasteiger partial charge in [0.15, 0.2) is 0 Å². The van der Waals surface area contributed by atoms with Crippen LogP contribution in [-0.2, 0) is 6.32 Å². The van der Waals surface area contributed by atoms with E-state index < -0.39 is 0 Å². The van der Waals surface area contributed by atoms with Crippen LogP contribution in [0.2, 0.25) is 17.5 Å². The van der Waals surface area contributed by atoms with Crippen LogP contribution >= 0.6 is 0 Å². The van der Waals surface area contributed by atoms with Crippen LogP contribution in [0.3, 0.4) is 0 Å². The minimum Gasteiger partial charge on any atom is -0.0654 e. The summed E-state index contributed by atoms with van der Waals surface area (Å²) in [5.41, 5.74) is 6.11. The molecule has 0 bridgehead atoms. The van der Waals surface area contributed by atoms with Crippen LogP contribution < -0.4 is 11.2 Å². The molecule has 2 aliphatic rings. The molecule has 3 atom stereocenters. The van der Waals surface area contributed by atoms with Crippen molar-refractivity contribution in [2.24, 2.45) is 5.92 Å². The van der Waals surface area contributed by atoms with E-state index in [-0.39, 0.29) is 0 Å². The van der Waals surface area contributed by atoms with Crippen LogP contribution in [-0.4, -0.2) is 52.3 Å². The molecule has 2 nitrogen and oxygen atoms in total. The molecule has 3 aromatic rings. The molecule has 5 rings (SSSR count). The molecular formula is C39H64B6N2. The molecule has 8 heteroatoms. The van der Waals surface area contributed by atoms with Crippen LogP contribution in [0, 0.1) is 5.92 Å². The minimum atomic E-state index is 0.872. The monoisotopic (exact) mass is 627 g/mol. The first-order valence-corrected chi connectivity index (χ1v) is 20.7. The maximum atomic E-state index is 4.78. The Morgan fingerprint density at radius 1 is 0.681 bits per heavy atom. The van der Waals surface area contributed by atoms with E-state index in [1.165, 1.54) is 172 Å². The van der Waals surface area contributed by atoms with Crippen molar-refractivity contribution in [2.75, 3.05) is 0 Å². The zero-order chi connectivity index (χ0) is 32.4. The fourth-order valence-electron chi connectivity index (χ4n) is 9.21. The van der Waals surface area contributed by atoms with Gasteiger partial charge in [-0.3, -0.25) is 0 Å². The molecule has 2 fully saturated rings. The van der Waals surface area contributed by atoms with Crippen LogP contribution in [0.15, 0.2) is 30.1 Å². The molecule has 0 amide bonds. The van der Waals surface area contributed by atoms with Gasteiger partial charge >= 0.3 is 128 Å². The number of hydrogen-bond donors (Lipinski definition) is 1. The number of nitrogens with zero attached hydrogens (tertiary/aromatic N) is 1. The van der Waals surface area contributed by atoms with Crippen LogP contribution in [0.5, 0.6) is 0 Å². The van der Waals surface area contributed by atoms with Crippen LogP contribution in [0.25, 0.3) is 10.8 Å². The Morgan fingerprint density at radius 2 is 1.26 bits per heavy atom. The van der Waals surface area contributed by atoms with E-state index >= 15 is 0 Å². The molecule has 0 spiro atoms. The molecule has 3 unspecified atom stereocenters. The number of hydrogen-bond acceptors (Lipinski definition) is 1. The van der Waals surface area contributed by atoms with E-state index in [0.717, 1.165) is 47.2 Å². The maximum absolute atomic E-state index is 4.78. The molecule has 47 heavy (non-hydrogen) atoms. The normalized spacial score (nSPS) is 24.0. The van der Waals surface area contributed by atoms with Crippen molar-refractivity contribution < 1.29 is 0 Å². The van der Waals surface area contributed by atoms with E-state index in [4.69, 9.17) is 4.98 Å². The van der Waals surface area contributed by atoms with Crippen molar-refractivity contribution in [3.05, 3.63) is 35.7 Å². The summed E-state index contributed by atoms with van der Waals surface area (Å²) in [6.07, 6.45) is 35.4. The van der Waals surface area contributed by atoms with Crippen molar-refractivity contribution in [3.63, 3.8) is 0 Å². The Kier molecular flexibility index (Phi) is 17.1. The average molecular weight is 626 g/mol. The first-order chi connectivity index (χ1) is 23.2. The summed E-state index contributed by atoms with van der Waals surface area (Å²) in [6, 6.07) is 9.42. The van der Waals surface area contributed by atoms with Crippen LogP contribution in [0.4, 0.5) is 0 Å². The second-order valence-corrected chi connectivity index (χ2v) is 16.3. The zero-order valence-electron chi connectivity index (χ0n) is 30.5. The fourth-order valence-corrected chi connectivity index (χ4v) is 9.21. The number of benzene rings is 1. The molecule has 0 aliphatic heterocycles. The number of aromatic amines is 1. The van der Waals surface area contributed by atoms with Gasteiger partial charge in [0.2, 0.25) is 0 Å². The van der Waals surface area contributed by atoms with Crippen molar-refractivity contribution in [3.8, 4) is 0 Å². The van der Waals surface area contributed by atoms with E-state index in [1.54, 1.807) is 7.28 Å². The Hall–Kier alpha value is -1.31. The standard InChI is InChI=1S/C39H64B6N2/c1-31-18-17-23-33(40-29-32-24-26-35(27-25-32)44-39-46-37-38(47-39)45-42-30-41-37)19-13-11-12-16-22-36(28-31)43-34-20-14-9-7-5-3-2-4-6-8-10-15-21-34/h24-27,30-31,33-34,36,40,43-44H,2-23,28-29H2,1H3,(H,46,47). The Balaban J connectivity index is 1.06. The summed E-state index contributed by atoms with van der Waals surface area (Å²) in [5.74, 6) is 5.87. The van der Waals surface area contributed by atoms with E-state index in [9.17, 15) is 0 Å². The molecule has 0 saturated heterocycles. The molecule has 2 saturated carbocycles. The summed E-state index contributed by atoms with van der Waals surface area (Å²) >= 11 is 0. The van der Waals surface area contributed by atoms with E-state index in [0.29, 0.717) is 0 Å². The predicted molar refractivity (Wildman–Crippen MR) is 218 cm³/mol. The SMILES string of the molecule is CC1CCCC(BCc2ccc(Bc3nc4bbcbc4[nH]3)cc2)CCCCCCC(BC2CCCCCCCCCCCCC2)C1. The third-order valence-corrected chi connectivity index (χ3v) is 12.1. The minimum absolute atomic E-state index is 0.872. The van der Waals surface area contributed by atoms with Gasteiger partial charge in [0, 0.05) is 0 Å². The third-order valence-electron chi connectivity index (χ3n) is 12.1. The summed E-state index contributed by atoms with van der Waals surface area (Å²) in [4.78, 5) is 8.27. The smallest absolute Gasteiger partial charge is 0.0654 e. The van der Waals surface area contributed by atoms with Crippen molar-refractivity contribution >= 4 is 64.4 Å². The Bertz CT molecular complexity index is 1200. The molecule has 248 valence electrons. The molecule has 1 N–H and O–H groups in total. The predicted octanol–water partition coefficient (Wildman–Crippen LogP) is 8.34. The third kappa shape index (κ3) is 14.2. The molecule has 1 aromatic carbocycles. The van der Waals surface area contributed by atoms with Crippen molar-refractivity contribution in [1.82, 2.24) is 9.97 Å².